The van der Waals surface area contributed by atoms with Crippen molar-refractivity contribution < 1.29 is 27.6 Å². The number of rotatable bonds is 2. The van der Waals surface area contributed by atoms with Gasteiger partial charge in [-0.1, -0.05) is 5.16 Å². The molecule has 17 heavy (non-hydrogen) atoms. The van der Waals surface area contributed by atoms with Gasteiger partial charge in [-0.05, 0) is 12.1 Å². The number of halogens is 3. The Morgan fingerprint density at radius 2 is 1.94 bits per heavy atom. The minimum atomic E-state index is -1.65. The van der Waals surface area contributed by atoms with E-state index in [1.54, 1.807) is 0 Å². The average Bonchev–Trinajstić information content (AvgIpc) is 2.75. The quantitative estimate of drug-likeness (QED) is 0.823. The van der Waals surface area contributed by atoms with Gasteiger partial charge in [-0.15, -0.1) is 0 Å². The minimum Gasteiger partial charge on any atom is -0.475 e. The molecule has 2 rings (SSSR count). The van der Waals surface area contributed by atoms with Gasteiger partial charge < -0.3 is 9.63 Å². The van der Waals surface area contributed by atoms with E-state index in [1.165, 1.54) is 0 Å². The molecule has 2 aromatic rings. The number of aromatic carboxylic acids is 1. The molecule has 0 atom stereocenters. The Kier molecular flexibility index (Phi) is 2.58. The molecule has 0 aliphatic heterocycles. The molecule has 0 bridgehead atoms. The van der Waals surface area contributed by atoms with E-state index < -0.39 is 29.2 Å². The van der Waals surface area contributed by atoms with Crippen LogP contribution in [0.25, 0.3) is 11.3 Å². The highest BCUT2D eigenvalue weighted by atomic mass is 19.2. The van der Waals surface area contributed by atoms with Crippen molar-refractivity contribution in [2.24, 2.45) is 0 Å². The van der Waals surface area contributed by atoms with Gasteiger partial charge in [0.15, 0.2) is 17.5 Å². The third kappa shape index (κ3) is 1.86. The summed E-state index contributed by atoms with van der Waals surface area (Å²) in [6, 6.07) is 2.57. The molecule has 1 N–H and O–H groups in total. The maximum atomic E-state index is 13.3. The predicted octanol–water partition coefficient (Wildman–Crippen LogP) is 2.46. The SMILES string of the molecule is O=C(O)c1cc(-c2ccc(F)c(F)c2F)no1. The molecule has 0 unspecified atom stereocenters. The molecule has 1 aromatic heterocycles. The Morgan fingerprint density at radius 1 is 1.24 bits per heavy atom. The van der Waals surface area contributed by atoms with Crippen LogP contribution in [0.1, 0.15) is 10.6 Å². The maximum Gasteiger partial charge on any atom is 0.374 e. The first-order chi connectivity index (χ1) is 8.00. The lowest BCUT2D eigenvalue weighted by Gasteiger charge is -1.99. The monoisotopic (exact) mass is 243 g/mol. The predicted molar refractivity (Wildman–Crippen MR) is 48.8 cm³/mol. The molecule has 0 saturated carbocycles. The van der Waals surface area contributed by atoms with Gasteiger partial charge in [0.25, 0.3) is 0 Å². The van der Waals surface area contributed by atoms with E-state index in [0.29, 0.717) is 6.07 Å². The number of carboxylic acid groups (broad SMARTS) is 1. The van der Waals surface area contributed by atoms with Gasteiger partial charge in [0.1, 0.15) is 5.69 Å². The number of hydrogen-bond acceptors (Lipinski definition) is 3. The number of benzene rings is 1. The molecule has 4 nitrogen and oxygen atoms in total. The fraction of sp³-hybridized carbons (Fsp3) is 0. The van der Waals surface area contributed by atoms with E-state index in [1.807, 2.05) is 0 Å². The van der Waals surface area contributed by atoms with Crippen LogP contribution in [-0.4, -0.2) is 16.2 Å². The van der Waals surface area contributed by atoms with Crippen molar-refractivity contribution in [1.29, 1.82) is 0 Å². The first kappa shape index (κ1) is 11.2. The van der Waals surface area contributed by atoms with E-state index >= 15 is 0 Å². The highest BCUT2D eigenvalue weighted by molar-refractivity contribution is 5.85. The molecule has 0 aliphatic carbocycles. The van der Waals surface area contributed by atoms with E-state index in [9.17, 15) is 18.0 Å². The van der Waals surface area contributed by atoms with E-state index in [2.05, 4.69) is 9.68 Å². The van der Waals surface area contributed by atoms with Gasteiger partial charge >= 0.3 is 5.97 Å². The van der Waals surface area contributed by atoms with Gasteiger partial charge in [0.05, 0.1) is 0 Å². The van der Waals surface area contributed by atoms with Crippen molar-refractivity contribution in [3.8, 4) is 11.3 Å². The van der Waals surface area contributed by atoms with Crippen LogP contribution in [0, 0.1) is 17.5 Å². The smallest absolute Gasteiger partial charge is 0.374 e. The van der Waals surface area contributed by atoms with Crippen molar-refractivity contribution in [2.45, 2.75) is 0 Å². The van der Waals surface area contributed by atoms with Crippen LogP contribution in [0.15, 0.2) is 22.7 Å². The fourth-order valence-corrected chi connectivity index (χ4v) is 1.23. The Balaban J connectivity index is 2.53. The summed E-state index contributed by atoms with van der Waals surface area (Å²) in [4.78, 5) is 10.5. The second kappa shape index (κ2) is 3.93. The lowest BCUT2D eigenvalue weighted by molar-refractivity contribution is 0.0652. The largest absolute Gasteiger partial charge is 0.475 e. The fourth-order valence-electron chi connectivity index (χ4n) is 1.23. The van der Waals surface area contributed by atoms with Gasteiger partial charge in [0, 0.05) is 11.6 Å². The van der Waals surface area contributed by atoms with Crippen LogP contribution in [0.2, 0.25) is 0 Å². The van der Waals surface area contributed by atoms with Crippen molar-refractivity contribution in [2.75, 3.05) is 0 Å². The number of carboxylic acids is 1. The van der Waals surface area contributed by atoms with Crippen molar-refractivity contribution >= 4 is 5.97 Å². The molecular formula is C10H4F3NO3. The third-order valence-electron chi connectivity index (χ3n) is 2.03. The molecule has 0 amide bonds. The van der Waals surface area contributed by atoms with E-state index in [0.717, 1.165) is 12.1 Å². The standard InChI is InChI=1S/C10H4F3NO3/c11-5-2-1-4(8(12)9(5)13)6-3-7(10(15)16)17-14-6/h1-3H,(H,15,16). The Morgan fingerprint density at radius 3 is 2.53 bits per heavy atom. The molecule has 7 heteroatoms. The molecule has 0 radical (unpaired) electrons. The molecule has 1 aromatic carbocycles. The molecule has 0 fully saturated rings. The third-order valence-corrected chi connectivity index (χ3v) is 2.03. The summed E-state index contributed by atoms with van der Waals surface area (Å²) in [6.45, 7) is 0. The second-order valence-corrected chi connectivity index (χ2v) is 3.10. The number of aromatic nitrogens is 1. The summed E-state index contributed by atoms with van der Waals surface area (Å²) in [7, 11) is 0. The molecule has 0 saturated heterocycles. The molecule has 0 spiro atoms. The zero-order chi connectivity index (χ0) is 12.6. The topological polar surface area (TPSA) is 63.3 Å². The van der Waals surface area contributed by atoms with Crippen LogP contribution in [-0.2, 0) is 0 Å². The molecule has 88 valence electrons. The van der Waals surface area contributed by atoms with Crippen LogP contribution < -0.4 is 0 Å². The molecule has 1 heterocycles. The summed E-state index contributed by atoms with van der Waals surface area (Å²) < 4.78 is 43.3. The summed E-state index contributed by atoms with van der Waals surface area (Å²) in [6.07, 6.45) is 0. The Labute approximate surface area is 92.3 Å². The number of carbonyl (C=O) groups is 1. The van der Waals surface area contributed by atoms with Crippen molar-refractivity contribution in [3.63, 3.8) is 0 Å². The van der Waals surface area contributed by atoms with E-state index in [4.69, 9.17) is 5.11 Å². The average molecular weight is 243 g/mol. The van der Waals surface area contributed by atoms with Crippen molar-refractivity contribution in [3.05, 3.63) is 41.4 Å². The van der Waals surface area contributed by atoms with Crippen LogP contribution in [0.4, 0.5) is 13.2 Å². The highest BCUT2D eigenvalue weighted by Crippen LogP contribution is 2.25. The number of nitrogens with zero attached hydrogens (tertiary/aromatic N) is 1. The molecule has 0 aliphatic rings. The Bertz CT molecular complexity index is 594. The summed E-state index contributed by atoms with van der Waals surface area (Å²) in [5.41, 5.74) is -0.598. The van der Waals surface area contributed by atoms with Gasteiger partial charge in [0.2, 0.25) is 5.76 Å². The molecular weight excluding hydrogens is 239 g/mol. The highest BCUT2D eigenvalue weighted by Gasteiger charge is 2.19. The maximum absolute atomic E-state index is 13.3. The summed E-state index contributed by atoms with van der Waals surface area (Å²) in [5, 5.41) is 11.8. The first-order valence-electron chi connectivity index (χ1n) is 4.34. The van der Waals surface area contributed by atoms with E-state index in [-0.39, 0.29) is 11.3 Å². The van der Waals surface area contributed by atoms with Crippen LogP contribution in [0.3, 0.4) is 0 Å². The lowest BCUT2D eigenvalue weighted by Crippen LogP contribution is -1.94. The van der Waals surface area contributed by atoms with Gasteiger partial charge in [-0.3, -0.25) is 0 Å². The van der Waals surface area contributed by atoms with Crippen molar-refractivity contribution in [1.82, 2.24) is 5.16 Å². The summed E-state index contributed by atoms with van der Waals surface area (Å²) in [5.74, 6) is -6.36. The second-order valence-electron chi connectivity index (χ2n) is 3.10. The lowest BCUT2D eigenvalue weighted by atomic mass is 10.1. The van der Waals surface area contributed by atoms with Crippen LogP contribution in [0.5, 0.6) is 0 Å². The zero-order valence-electron chi connectivity index (χ0n) is 8.08. The Hall–Kier alpha value is -2.31. The zero-order valence-corrected chi connectivity index (χ0v) is 8.08. The first-order valence-corrected chi connectivity index (χ1v) is 4.34. The van der Waals surface area contributed by atoms with Crippen LogP contribution >= 0.6 is 0 Å². The number of hydrogen-bond donors (Lipinski definition) is 1. The van der Waals surface area contributed by atoms with Gasteiger partial charge in [-0.25, -0.2) is 18.0 Å². The van der Waals surface area contributed by atoms with Gasteiger partial charge in [-0.2, -0.15) is 0 Å². The minimum absolute atomic E-state index is 0.223. The summed E-state index contributed by atoms with van der Waals surface area (Å²) >= 11 is 0. The normalized spacial score (nSPS) is 10.5.